The fourth-order valence-corrected chi connectivity index (χ4v) is 2.56. The second kappa shape index (κ2) is 4.84. The van der Waals surface area contributed by atoms with Crippen LogP contribution in [0.15, 0.2) is 11.4 Å². The van der Waals surface area contributed by atoms with Gasteiger partial charge in [0, 0.05) is 29.5 Å². The first-order chi connectivity index (χ1) is 8.17. The van der Waals surface area contributed by atoms with Crippen LogP contribution in [0.4, 0.5) is 5.82 Å². The number of thiophene rings is 1. The van der Waals surface area contributed by atoms with Crippen molar-refractivity contribution in [3.05, 3.63) is 27.7 Å². The maximum Gasteiger partial charge on any atom is 0.132 e. The van der Waals surface area contributed by atoms with Gasteiger partial charge in [-0.2, -0.15) is 0 Å². The molecule has 0 amide bonds. The van der Waals surface area contributed by atoms with E-state index >= 15 is 0 Å². The van der Waals surface area contributed by atoms with Crippen LogP contribution in [-0.2, 0) is 6.42 Å². The molecule has 0 spiro atoms. The number of hydrogen-bond acceptors (Lipinski definition) is 4. The largest absolute Gasteiger partial charge is 0.373 e. The van der Waals surface area contributed by atoms with E-state index in [4.69, 9.17) is 0 Å². The summed E-state index contributed by atoms with van der Waals surface area (Å²) in [6, 6.07) is 2.13. The highest BCUT2D eigenvalue weighted by Gasteiger charge is 2.13. The van der Waals surface area contributed by atoms with Gasteiger partial charge in [0.05, 0.1) is 5.69 Å². The lowest BCUT2D eigenvalue weighted by Crippen LogP contribution is -2.04. The molecule has 0 saturated heterocycles. The minimum atomic E-state index is 0.852. The molecule has 2 aromatic heterocycles. The molecule has 2 rings (SSSR count). The van der Waals surface area contributed by atoms with E-state index in [9.17, 15) is 0 Å². The van der Waals surface area contributed by atoms with Gasteiger partial charge in [-0.1, -0.05) is 6.92 Å². The molecule has 2 heterocycles. The van der Waals surface area contributed by atoms with Crippen molar-refractivity contribution < 1.29 is 0 Å². The predicted octanol–water partition coefficient (Wildman–Crippen LogP) is 3.43. The Morgan fingerprint density at radius 1 is 1.29 bits per heavy atom. The molecule has 0 radical (unpaired) electrons. The van der Waals surface area contributed by atoms with Crippen LogP contribution in [-0.4, -0.2) is 17.0 Å². The van der Waals surface area contributed by atoms with Gasteiger partial charge in [-0.15, -0.1) is 11.3 Å². The molecule has 0 saturated carbocycles. The molecule has 17 heavy (non-hydrogen) atoms. The quantitative estimate of drug-likeness (QED) is 0.903. The van der Waals surface area contributed by atoms with E-state index in [1.807, 2.05) is 7.05 Å². The smallest absolute Gasteiger partial charge is 0.132 e. The molecule has 0 aromatic carbocycles. The third kappa shape index (κ3) is 2.17. The maximum atomic E-state index is 4.66. The Kier molecular flexibility index (Phi) is 3.43. The lowest BCUT2D eigenvalue weighted by Gasteiger charge is -2.11. The lowest BCUT2D eigenvalue weighted by molar-refractivity contribution is 0.936. The Morgan fingerprint density at radius 2 is 2.06 bits per heavy atom. The minimum absolute atomic E-state index is 0.852. The molecule has 0 aliphatic rings. The van der Waals surface area contributed by atoms with Crippen molar-refractivity contribution in [1.29, 1.82) is 0 Å². The van der Waals surface area contributed by atoms with E-state index in [0.29, 0.717) is 0 Å². The van der Waals surface area contributed by atoms with Crippen LogP contribution in [0.5, 0.6) is 0 Å². The molecule has 0 aliphatic heterocycles. The van der Waals surface area contributed by atoms with Crippen molar-refractivity contribution in [2.75, 3.05) is 12.4 Å². The summed E-state index contributed by atoms with van der Waals surface area (Å²) >= 11 is 1.75. The van der Waals surface area contributed by atoms with Crippen LogP contribution in [0.25, 0.3) is 11.3 Å². The second-order valence-corrected chi connectivity index (χ2v) is 5.08. The Bertz CT molecular complexity index is 531. The highest BCUT2D eigenvalue weighted by Crippen LogP contribution is 2.30. The number of nitrogens with one attached hydrogen (secondary N) is 1. The first-order valence-corrected chi connectivity index (χ1v) is 6.65. The molecule has 2 aromatic rings. The van der Waals surface area contributed by atoms with Crippen LogP contribution in [0, 0.1) is 13.8 Å². The third-order valence-electron chi connectivity index (χ3n) is 2.86. The normalized spacial score (nSPS) is 10.6. The van der Waals surface area contributed by atoms with Crippen LogP contribution >= 0.6 is 11.3 Å². The highest BCUT2D eigenvalue weighted by molar-refractivity contribution is 7.10. The molecule has 4 heteroatoms. The zero-order valence-corrected chi connectivity index (χ0v) is 11.5. The molecule has 0 bridgehead atoms. The topological polar surface area (TPSA) is 37.8 Å². The molecular formula is C13H17N3S. The van der Waals surface area contributed by atoms with Gasteiger partial charge in [-0.05, 0) is 25.3 Å². The number of nitrogens with zero attached hydrogens (tertiary/aromatic N) is 2. The van der Waals surface area contributed by atoms with Crippen molar-refractivity contribution in [2.45, 2.75) is 27.2 Å². The van der Waals surface area contributed by atoms with E-state index in [1.165, 1.54) is 10.4 Å². The first kappa shape index (κ1) is 12.0. The Labute approximate surface area is 106 Å². The van der Waals surface area contributed by atoms with Crippen LogP contribution in [0.1, 0.15) is 23.2 Å². The second-order valence-electron chi connectivity index (χ2n) is 3.96. The average Bonchev–Trinajstić information content (AvgIpc) is 2.76. The van der Waals surface area contributed by atoms with E-state index in [0.717, 1.165) is 29.3 Å². The summed E-state index contributed by atoms with van der Waals surface area (Å²) in [5.41, 5.74) is 3.40. The van der Waals surface area contributed by atoms with Crippen LogP contribution in [0.2, 0.25) is 0 Å². The van der Waals surface area contributed by atoms with Crippen LogP contribution in [0.3, 0.4) is 0 Å². The number of rotatable bonds is 3. The standard InChI is InChI=1S/C13H17N3S/c1-5-11-15-12(8(2)13(14-4)16-11)10-6-7-17-9(10)3/h6-7H,5H2,1-4H3,(H,14,15,16). The van der Waals surface area contributed by atoms with Crippen LogP contribution < -0.4 is 5.32 Å². The van der Waals surface area contributed by atoms with E-state index < -0.39 is 0 Å². The van der Waals surface area contributed by atoms with Gasteiger partial charge in [0.25, 0.3) is 0 Å². The minimum Gasteiger partial charge on any atom is -0.373 e. The van der Waals surface area contributed by atoms with E-state index in [2.05, 4.69) is 47.5 Å². The summed E-state index contributed by atoms with van der Waals surface area (Å²) in [4.78, 5) is 10.5. The lowest BCUT2D eigenvalue weighted by atomic mass is 10.1. The highest BCUT2D eigenvalue weighted by atomic mass is 32.1. The van der Waals surface area contributed by atoms with Gasteiger partial charge in [0.2, 0.25) is 0 Å². The van der Waals surface area contributed by atoms with Gasteiger partial charge < -0.3 is 5.32 Å². The summed E-state index contributed by atoms with van der Waals surface area (Å²) in [6.07, 6.45) is 0.852. The molecular weight excluding hydrogens is 230 g/mol. The summed E-state index contributed by atoms with van der Waals surface area (Å²) in [6.45, 7) is 6.28. The molecule has 0 fully saturated rings. The van der Waals surface area contributed by atoms with Gasteiger partial charge >= 0.3 is 0 Å². The van der Waals surface area contributed by atoms with Crippen molar-refractivity contribution in [1.82, 2.24) is 9.97 Å². The van der Waals surface area contributed by atoms with Gasteiger partial charge in [0.15, 0.2) is 0 Å². The molecule has 1 N–H and O–H groups in total. The molecule has 0 atom stereocenters. The summed E-state index contributed by atoms with van der Waals surface area (Å²) in [5.74, 6) is 1.82. The zero-order valence-electron chi connectivity index (χ0n) is 10.7. The number of aryl methyl sites for hydroxylation is 2. The molecule has 3 nitrogen and oxygen atoms in total. The van der Waals surface area contributed by atoms with Crippen molar-refractivity contribution in [2.24, 2.45) is 0 Å². The Morgan fingerprint density at radius 3 is 2.59 bits per heavy atom. The molecule has 0 aliphatic carbocycles. The number of aromatic nitrogens is 2. The van der Waals surface area contributed by atoms with Crippen molar-refractivity contribution in [3.8, 4) is 11.3 Å². The third-order valence-corrected chi connectivity index (χ3v) is 3.70. The fourth-order valence-electron chi connectivity index (χ4n) is 1.86. The summed E-state index contributed by atoms with van der Waals surface area (Å²) in [7, 11) is 1.90. The molecule has 90 valence electrons. The predicted molar refractivity (Wildman–Crippen MR) is 73.7 cm³/mol. The van der Waals surface area contributed by atoms with Gasteiger partial charge in [-0.25, -0.2) is 9.97 Å². The fraction of sp³-hybridized carbons (Fsp3) is 0.385. The SMILES string of the molecule is CCc1nc(NC)c(C)c(-c2ccsc2C)n1. The van der Waals surface area contributed by atoms with Crippen molar-refractivity contribution in [3.63, 3.8) is 0 Å². The monoisotopic (exact) mass is 247 g/mol. The summed E-state index contributed by atoms with van der Waals surface area (Å²) in [5, 5.41) is 5.25. The Hall–Kier alpha value is -1.42. The van der Waals surface area contributed by atoms with Gasteiger partial charge in [-0.3, -0.25) is 0 Å². The van der Waals surface area contributed by atoms with Gasteiger partial charge in [0.1, 0.15) is 11.6 Å². The average molecular weight is 247 g/mol. The number of anilines is 1. The number of hydrogen-bond donors (Lipinski definition) is 1. The van der Waals surface area contributed by atoms with E-state index in [-0.39, 0.29) is 0 Å². The van der Waals surface area contributed by atoms with Crippen molar-refractivity contribution >= 4 is 17.2 Å². The van der Waals surface area contributed by atoms with E-state index in [1.54, 1.807) is 11.3 Å². The first-order valence-electron chi connectivity index (χ1n) is 5.77. The maximum absolute atomic E-state index is 4.66. The Balaban J connectivity index is 2.64. The summed E-state index contributed by atoms with van der Waals surface area (Å²) < 4.78 is 0. The molecule has 0 unspecified atom stereocenters. The zero-order chi connectivity index (χ0) is 12.4.